The Balaban J connectivity index is 2.16. The SMILES string of the molecule is C#CC(=O)OC1c2ccccc2C(=O)C1c1ccc(C)c(C)c1C. The van der Waals surface area contributed by atoms with Crippen LogP contribution in [0.1, 0.15) is 50.2 Å². The Bertz CT molecular complexity index is 886. The van der Waals surface area contributed by atoms with Crippen LogP contribution in [-0.4, -0.2) is 11.8 Å². The Morgan fingerprint density at radius 3 is 2.46 bits per heavy atom. The molecule has 2 aromatic carbocycles. The van der Waals surface area contributed by atoms with Crippen molar-refractivity contribution in [3.8, 4) is 12.3 Å². The van der Waals surface area contributed by atoms with Crippen LogP contribution >= 0.6 is 0 Å². The minimum atomic E-state index is -0.754. The predicted octanol–water partition coefficient (Wildman–Crippen LogP) is 3.81. The molecule has 0 spiro atoms. The van der Waals surface area contributed by atoms with E-state index in [0.29, 0.717) is 11.1 Å². The van der Waals surface area contributed by atoms with Gasteiger partial charge in [0.05, 0.1) is 5.92 Å². The Labute approximate surface area is 141 Å². The molecule has 3 nitrogen and oxygen atoms in total. The van der Waals surface area contributed by atoms with Crippen LogP contribution < -0.4 is 0 Å². The number of ketones is 1. The van der Waals surface area contributed by atoms with Crippen molar-refractivity contribution in [2.75, 3.05) is 0 Å². The molecule has 24 heavy (non-hydrogen) atoms. The molecule has 0 amide bonds. The second-order valence-corrected chi connectivity index (χ2v) is 6.12. The number of carbonyl (C=O) groups is 2. The highest BCUT2D eigenvalue weighted by atomic mass is 16.5. The summed E-state index contributed by atoms with van der Waals surface area (Å²) in [6, 6.07) is 11.2. The zero-order valence-corrected chi connectivity index (χ0v) is 13.9. The molecule has 2 aromatic rings. The second kappa shape index (κ2) is 5.98. The number of hydrogen-bond donors (Lipinski definition) is 0. The quantitative estimate of drug-likeness (QED) is 0.480. The molecule has 2 unspecified atom stereocenters. The van der Waals surface area contributed by atoms with Crippen molar-refractivity contribution in [3.05, 3.63) is 69.8 Å². The third-order valence-electron chi connectivity index (χ3n) is 4.90. The Morgan fingerprint density at radius 1 is 1.04 bits per heavy atom. The fraction of sp³-hybridized carbons (Fsp3) is 0.238. The van der Waals surface area contributed by atoms with E-state index in [4.69, 9.17) is 11.2 Å². The number of carbonyl (C=O) groups excluding carboxylic acids is 2. The summed E-state index contributed by atoms with van der Waals surface area (Å²) in [4.78, 5) is 24.7. The summed E-state index contributed by atoms with van der Waals surface area (Å²) in [5, 5.41) is 0. The third-order valence-corrected chi connectivity index (χ3v) is 4.90. The first-order valence-corrected chi connectivity index (χ1v) is 7.82. The van der Waals surface area contributed by atoms with Gasteiger partial charge < -0.3 is 4.74 Å². The van der Waals surface area contributed by atoms with E-state index < -0.39 is 18.0 Å². The number of rotatable bonds is 2. The van der Waals surface area contributed by atoms with Crippen LogP contribution in [0.2, 0.25) is 0 Å². The van der Waals surface area contributed by atoms with Crippen molar-refractivity contribution < 1.29 is 14.3 Å². The van der Waals surface area contributed by atoms with Gasteiger partial charge in [-0.15, -0.1) is 6.42 Å². The summed E-state index contributed by atoms with van der Waals surface area (Å²) in [5.41, 5.74) is 5.54. The molecule has 0 aromatic heterocycles. The first-order chi connectivity index (χ1) is 11.5. The summed E-state index contributed by atoms with van der Waals surface area (Å²) in [6.07, 6.45) is 4.47. The first kappa shape index (κ1) is 16.0. The van der Waals surface area contributed by atoms with E-state index in [1.54, 1.807) is 6.07 Å². The van der Waals surface area contributed by atoms with Crippen LogP contribution in [0.4, 0.5) is 0 Å². The summed E-state index contributed by atoms with van der Waals surface area (Å²) in [6.45, 7) is 6.06. The normalized spacial score (nSPS) is 18.8. The van der Waals surface area contributed by atoms with Crippen LogP contribution in [0.5, 0.6) is 0 Å². The van der Waals surface area contributed by atoms with Gasteiger partial charge in [-0.1, -0.05) is 36.4 Å². The van der Waals surface area contributed by atoms with Crippen LogP contribution in [-0.2, 0) is 9.53 Å². The van der Waals surface area contributed by atoms with Crippen LogP contribution in [0.25, 0.3) is 0 Å². The molecular weight excluding hydrogens is 300 g/mol. The van der Waals surface area contributed by atoms with E-state index in [9.17, 15) is 9.59 Å². The minimum absolute atomic E-state index is 0.0354. The monoisotopic (exact) mass is 318 g/mol. The smallest absolute Gasteiger partial charge is 0.384 e. The summed E-state index contributed by atoms with van der Waals surface area (Å²) < 4.78 is 5.45. The number of ether oxygens (including phenoxy) is 1. The van der Waals surface area contributed by atoms with Crippen LogP contribution in [0, 0.1) is 33.1 Å². The average molecular weight is 318 g/mol. The van der Waals surface area contributed by atoms with Crippen molar-refractivity contribution in [1.82, 2.24) is 0 Å². The zero-order valence-electron chi connectivity index (χ0n) is 13.9. The van der Waals surface area contributed by atoms with Crippen molar-refractivity contribution in [2.24, 2.45) is 0 Å². The van der Waals surface area contributed by atoms with E-state index in [-0.39, 0.29) is 5.78 Å². The topological polar surface area (TPSA) is 43.4 Å². The van der Waals surface area contributed by atoms with E-state index in [2.05, 4.69) is 0 Å². The number of fused-ring (bicyclic) bond motifs is 1. The van der Waals surface area contributed by atoms with Gasteiger partial charge in [0, 0.05) is 17.0 Å². The number of terminal acetylenes is 1. The summed E-state index contributed by atoms with van der Waals surface area (Å²) in [7, 11) is 0. The molecular formula is C21H18O3. The zero-order chi connectivity index (χ0) is 17.4. The number of hydrogen-bond acceptors (Lipinski definition) is 3. The lowest BCUT2D eigenvalue weighted by Crippen LogP contribution is -2.18. The highest BCUT2D eigenvalue weighted by molar-refractivity contribution is 6.06. The second-order valence-electron chi connectivity index (χ2n) is 6.12. The minimum Gasteiger partial charge on any atom is -0.447 e. The van der Waals surface area contributed by atoms with Gasteiger partial charge in [-0.2, -0.15) is 0 Å². The lowest BCUT2D eigenvalue weighted by molar-refractivity contribution is -0.142. The van der Waals surface area contributed by atoms with Crippen molar-refractivity contribution in [3.63, 3.8) is 0 Å². The van der Waals surface area contributed by atoms with Gasteiger partial charge in [-0.25, -0.2) is 4.79 Å². The van der Waals surface area contributed by atoms with Gasteiger partial charge in [-0.3, -0.25) is 4.79 Å². The highest BCUT2D eigenvalue weighted by Gasteiger charge is 2.43. The maximum absolute atomic E-state index is 13.0. The molecule has 2 atom stereocenters. The molecule has 1 aliphatic carbocycles. The lowest BCUT2D eigenvalue weighted by Gasteiger charge is -2.22. The molecule has 3 heteroatoms. The standard InChI is InChI=1S/C21H18O3/c1-5-18(22)24-21-17-9-7-6-8-16(17)20(23)19(21)15-11-10-12(2)13(3)14(15)4/h1,6-11,19,21H,2-4H3. The molecule has 1 aliphatic rings. The maximum atomic E-state index is 13.0. The molecule has 0 aliphatic heterocycles. The molecule has 0 saturated heterocycles. The Kier molecular flexibility index (Phi) is 3.99. The summed E-state index contributed by atoms with van der Waals surface area (Å²) in [5.74, 6) is 0.627. The van der Waals surface area contributed by atoms with Crippen LogP contribution in [0.15, 0.2) is 36.4 Å². The summed E-state index contributed by atoms with van der Waals surface area (Å²) >= 11 is 0. The van der Waals surface area contributed by atoms with E-state index in [1.807, 2.05) is 57.0 Å². The van der Waals surface area contributed by atoms with Crippen molar-refractivity contribution >= 4 is 11.8 Å². The van der Waals surface area contributed by atoms with Gasteiger partial charge in [0.15, 0.2) is 5.78 Å². The van der Waals surface area contributed by atoms with Crippen LogP contribution in [0.3, 0.4) is 0 Å². The van der Waals surface area contributed by atoms with Gasteiger partial charge in [0.1, 0.15) is 6.10 Å². The molecule has 0 bridgehead atoms. The number of Topliss-reactive ketones (excluding diaryl/α,β-unsaturated/α-hetero) is 1. The van der Waals surface area contributed by atoms with E-state index in [0.717, 1.165) is 22.3 Å². The fourth-order valence-electron chi connectivity index (χ4n) is 3.35. The Morgan fingerprint density at radius 2 is 1.75 bits per heavy atom. The molecule has 0 radical (unpaired) electrons. The largest absolute Gasteiger partial charge is 0.447 e. The molecule has 0 saturated carbocycles. The van der Waals surface area contributed by atoms with Crippen molar-refractivity contribution in [1.29, 1.82) is 0 Å². The average Bonchev–Trinajstić information content (AvgIpc) is 2.86. The van der Waals surface area contributed by atoms with Gasteiger partial charge in [0.25, 0.3) is 0 Å². The predicted molar refractivity (Wildman–Crippen MR) is 91.8 cm³/mol. The van der Waals surface area contributed by atoms with E-state index in [1.165, 1.54) is 0 Å². The van der Waals surface area contributed by atoms with E-state index >= 15 is 0 Å². The molecule has 3 rings (SSSR count). The van der Waals surface area contributed by atoms with Gasteiger partial charge in [0.2, 0.25) is 0 Å². The maximum Gasteiger partial charge on any atom is 0.384 e. The third kappa shape index (κ3) is 2.41. The number of esters is 1. The lowest BCUT2D eigenvalue weighted by atomic mass is 9.86. The fourth-order valence-corrected chi connectivity index (χ4v) is 3.35. The molecule has 0 fully saturated rings. The number of aryl methyl sites for hydroxylation is 1. The highest BCUT2D eigenvalue weighted by Crippen LogP contribution is 2.46. The number of benzene rings is 2. The van der Waals surface area contributed by atoms with Gasteiger partial charge in [-0.05, 0) is 43.0 Å². The molecule has 0 heterocycles. The molecule has 0 N–H and O–H groups in total. The van der Waals surface area contributed by atoms with Crippen molar-refractivity contribution in [2.45, 2.75) is 32.8 Å². The molecule has 120 valence electrons. The van der Waals surface area contributed by atoms with Gasteiger partial charge >= 0.3 is 5.97 Å². The first-order valence-electron chi connectivity index (χ1n) is 7.82. The Hall–Kier alpha value is -2.86.